The van der Waals surface area contributed by atoms with Gasteiger partial charge in [0.15, 0.2) is 0 Å². The van der Waals surface area contributed by atoms with Gasteiger partial charge in [-0.1, -0.05) is 66.5 Å². The number of hydrogen-bond donors (Lipinski definition) is 0. The van der Waals surface area contributed by atoms with Crippen LogP contribution < -0.4 is 0 Å². The summed E-state index contributed by atoms with van der Waals surface area (Å²) in [4.78, 5) is 0. The zero-order valence-corrected chi connectivity index (χ0v) is 15.8. The van der Waals surface area contributed by atoms with E-state index in [1.54, 1.807) is 0 Å². The van der Waals surface area contributed by atoms with Crippen molar-refractivity contribution in [2.45, 2.75) is 84.5 Å². The highest BCUT2D eigenvalue weighted by molar-refractivity contribution is 6.90. The smallest absolute Gasteiger partial charge is 0.146 e. The molecular weight excluding hydrogens is 260 g/mol. The Morgan fingerprint density at radius 1 is 0.950 bits per heavy atom. The summed E-state index contributed by atoms with van der Waals surface area (Å²) in [6, 6.07) is 0. The first kappa shape index (κ1) is 19.5. The minimum absolute atomic E-state index is 0.164. The van der Waals surface area contributed by atoms with E-state index in [1.807, 2.05) is 0 Å². The van der Waals surface area contributed by atoms with Crippen LogP contribution in [0.15, 0.2) is 12.2 Å². The van der Waals surface area contributed by atoms with Gasteiger partial charge in [-0.15, -0.1) is 5.54 Å². The maximum absolute atomic E-state index is 5.74. The van der Waals surface area contributed by atoms with Gasteiger partial charge in [-0.2, -0.15) is 0 Å². The number of allylic oxidation sites excluding steroid dienone is 1. The lowest BCUT2D eigenvalue weighted by Gasteiger charge is -2.38. The number of ether oxygens (including phenoxy) is 1. The Hall–Kier alpha value is -0.523. The first-order valence-corrected chi connectivity index (χ1v) is 10.3. The van der Waals surface area contributed by atoms with Crippen molar-refractivity contribution in [3.8, 4) is 11.5 Å². The molecule has 0 heterocycles. The van der Waals surface area contributed by atoms with Crippen molar-refractivity contribution in [2.75, 3.05) is 6.61 Å². The van der Waals surface area contributed by atoms with Crippen molar-refractivity contribution < 1.29 is 4.74 Å². The van der Waals surface area contributed by atoms with Crippen molar-refractivity contribution >= 4 is 8.07 Å². The second kappa shape index (κ2) is 9.42. The van der Waals surface area contributed by atoms with E-state index in [-0.39, 0.29) is 6.10 Å². The van der Waals surface area contributed by atoms with Gasteiger partial charge in [0, 0.05) is 0 Å². The predicted octanol–water partition coefficient (Wildman–Crippen LogP) is 5.58. The normalized spacial score (nSPS) is 14.2. The molecule has 0 spiro atoms. The third-order valence-corrected chi connectivity index (χ3v) is 10.6. The Bertz CT molecular complexity index is 322. The van der Waals surface area contributed by atoms with Gasteiger partial charge in [0.25, 0.3) is 0 Å². The van der Waals surface area contributed by atoms with E-state index in [4.69, 9.17) is 4.74 Å². The van der Waals surface area contributed by atoms with Crippen molar-refractivity contribution in [3.63, 3.8) is 0 Å². The molecule has 0 amide bonds. The summed E-state index contributed by atoms with van der Waals surface area (Å²) in [6.07, 6.45) is 5.48. The third-order valence-electron chi connectivity index (χ3n) is 4.23. The van der Waals surface area contributed by atoms with Crippen molar-refractivity contribution in [1.82, 2.24) is 0 Å². The molecule has 0 aliphatic heterocycles. The quantitative estimate of drug-likeness (QED) is 0.338. The Morgan fingerprint density at radius 2 is 1.45 bits per heavy atom. The number of hydrogen-bond acceptors (Lipinski definition) is 1. The van der Waals surface area contributed by atoms with Gasteiger partial charge in [0.2, 0.25) is 0 Å². The molecule has 0 fully saturated rings. The molecule has 1 unspecified atom stereocenters. The van der Waals surface area contributed by atoms with Gasteiger partial charge in [0.05, 0.1) is 6.10 Å². The largest absolute Gasteiger partial charge is 0.362 e. The van der Waals surface area contributed by atoms with Gasteiger partial charge in [-0.25, -0.2) is 0 Å². The topological polar surface area (TPSA) is 9.23 Å². The Labute approximate surface area is 128 Å². The van der Waals surface area contributed by atoms with Crippen LogP contribution in [0.1, 0.15) is 61.8 Å². The predicted molar refractivity (Wildman–Crippen MR) is 93.7 cm³/mol. The van der Waals surface area contributed by atoms with E-state index < -0.39 is 8.07 Å². The highest BCUT2D eigenvalue weighted by Gasteiger charge is 2.41. The van der Waals surface area contributed by atoms with E-state index >= 15 is 0 Å². The fraction of sp³-hybridized carbons (Fsp3) is 0.778. The molecule has 0 aliphatic carbocycles. The average molecular weight is 295 g/mol. The van der Waals surface area contributed by atoms with E-state index in [0.717, 1.165) is 6.42 Å². The summed E-state index contributed by atoms with van der Waals surface area (Å²) in [6.45, 7) is 18.8. The Morgan fingerprint density at radius 3 is 1.85 bits per heavy atom. The molecule has 1 nitrogen and oxygen atoms in total. The summed E-state index contributed by atoms with van der Waals surface area (Å²) in [5.74, 6) is 3.33. The molecule has 0 aromatic heterocycles. The molecular formula is C18H34OSi. The molecule has 0 aliphatic rings. The van der Waals surface area contributed by atoms with Gasteiger partial charge in [0.1, 0.15) is 14.7 Å². The fourth-order valence-corrected chi connectivity index (χ4v) is 8.42. The van der Waals surface area contributed by atoms with Crippen LogP contribution in [0.3, 0.4) is 0 Å². The van der Waals surface area contributed by atoms with Crippen LogP contribution >= 0.6 is 0 Å². The SMILES string of the molecule is CC/C=C\C(C)OCC#C[Si](C(C)C)(C(C)C)C(C)C. The van der Waals surface area contributed by atoms with Crippen LogP contribution in [0.4, 0.5) is 0 Å². The second-order valence-electron chi connectivity index (χ2n) is 6.55. The molecule has 0 N–H and O–H groups in total. The van der Waals surface area contributed by atoms with Crippen LogP contribution in [0.5, 0.6) is 0 Å². The van der Waals surface area contributed by atoms with Gasteiger partial charge >= 0.3 is 0 Å². The fourth-order valence-electron chi connectivity index (χ4n) is 3.18. The summed E-state index contributed by atoms with van der Waals surface area (Å²) < 4.78 is 5.74. The lowest BCUT2D eigenvalue weighted by atomic mass is 10.3. The molecule has 116 valence electrons. The lowest BCUT2D eigenvalue weighted by molar-refractivity contribution is 0.127. The molecule has 0 saturated heterocycles. The molecule has 2 heteroatoms. The highest BCUT2D eigenvalue weighted by atomic mass is 28.3. The first-order valence-electron chi connectivity index (χ1n) is 8.07. The maximum Gasteiger partial charge on any atom is 0.146 e. The zero-order valence-electron chi connectivity index (χ0n) is 14.8. The van der Waals surface area contributed by atoms with E-state index in [2.05, 4.69) is 79.0 Å². The van der Waals surface area contributed by atoms with Crippen LogP contribution in [-0.2, 0) is 4.74 Å². The third kappa shape index (κ3) is 5.46. The second-order valence-corrected chi connectivity index (χ2v) is 12.1. The molecule has 0 bridgehead atoms. The molecule has 0 aromatic carbocycles. The Balaban J connectivity index is 4.78. The van der Waals surface area contributed by atoms with E-state index in [1.165, 1.54) is 0 Å². The van der Waals surface area contributed by atoms with E-state index in [0.29, 0.717) is 23.2 Å². The minimum atomic E-state index is -1.58. The summed E-state index contributed by atoms with van der Waals surface area (Å²) in [5, 5.41) is 0. The standard InChI is InChI=1S/C18H34OSi/c1-9-10-12-18(8)19-13-11-14-20(15(2)3,16(4)5)17(6)7/h10,12,15-18H,9,13H2,1-8H3/b12-10-. The minimum Gasteiger partial charge on any atom is -0.362 e. The van der Waals surface area contributed by atoms with Gasteiger partial charge < -0.3 is 4.74 Å². The first-order chi connectivity index (χ1) is 9.28. The van der Waals surface area contributed by atoms with Crippen molar-refractivity contribution in [3.05, 3.63) is 12.2 Å². The molecule has 0 radical (unpaired) electrons. The van der Waals surface area contributed by atoms with E-state index in [9.17, 15) is 0 Å². The average Bonchev–Trinajstić information content (AvgIpc) is 2.34. The monoisotopic (exact) mass is 294 g/mol. The van der Waals surface area contributed by atoms with Crippen LogP contribution in [0.2, 0.25) is 16.6 Å². The van der Waals surface area contributed by atoms with Gasteiger partial charge in [-0.05, 0) is 30.0 Å². The number of rotatable bonds is 7. The van der Waals surface area contributed by atoms with Crippen molar-refractivity contribution in [2.24, 2.45) is 0 Å². The highest BCUT2D eigenvalue weighted by Crippen LogP contribution is 2.40. The lowest BCUT2D eigenvalue weighted by Crippen LogP contribution is -2.43. The molecule has 1 atom stereocenters. The molecule has 0 aromatic rings. The Kier molecular flexibility index (Phi) is 9.17. The van der Waals surface area contributed by atoms with Crippen LogP contribution in [-0.4, -0.2) is 20.8 Å². The molecule has 0 rings (SSSR count). The zero-order chi connectivity index (χ0) is 15.8. The van der Waals surface area contributed by atoms with Crippen LogP contribution in [0, 0.1) is 11.5 Å². The summed E-state index contributed by atoms with van der Waals surface area (Å²) >= 11 is 0. The van der Waals surface area contributed by atoms with Gasteiger partial charge in [-0.3, -0.25) is 0 Å². The summed E-state index contributed by atoms with van der Waals surface area (Å²) in [7, 11) is -1.58. The summed E-state index contributed by atoms with van der Waals surface area (Å²) in [5.41, 5.74) is 5.75. The maximum atomic E-state index is 5.74. The molecule has 20 heavy (non-hydrogen) atoms. The van der Waals surface area contributed by atoms with Crippen LogP contribution in [0.25, 0.3) is 0 Å². The van der Waals surface area contributed by atoms with Crippen molar-refractivity contribution in [1.29, 1.82) is 0 Å². The molecule has 0 saturated carbocycles.